The van der Waals surface area contributed by atoms with E-state index in [1.54, 1.807) is 84.6 Å². The van der Waals surface area contributed by atoms with Crippen molar-refractivity contribution < 1.29 is 72.4 Å². The largest absolute Gasteiger partial charge is 1.00 e. The third kappa shape index (κ3) is 19.3. The molecule has 22 heteroatoms. The standard InChI is InChI=1S/C32H38Cl2N4O4.C30H33Cl2FN4O3.C2H5O.Na/c1-4-6-7-8-28(39)37-15-17-38(18-16-37)32(40)23-11-9-22(10-12-23)24-19-27(31(35)36-20-24)42-21(3)29-25(33)13-14-26(30(29)34)41-5-2;1-3-4-5-6-26(38)36-13-15-37(16-14-36)30(39)21-9-7-20(8-10-21)22-17-25(29(34)35-18-22)40-19(2)27-23(31)11-12-24(33)28(27)32;1-2-3;/h9-14,19-21H,4-8,15-18H2,1-3H3,(H2,35,36);7-12,17-19H,3-6,13-16H2,1-2H3,(H2,34,35);2H2,1H3;/q;;-1;+1. The van der Waals surface area contributed by atoms with Crippen molar-refractivity contribution in [1.29, 1.82) is 0 Å². The maximum absolute atomic E-state index is 14.0. The molecule has 456 valence electrons. The van der Waals surface area contributed by atoms with Gasteiger partial charge in [-0.2, -0.15) is 0 Å². The Kier molecular flexibility index (Phi) is 29.0. The number of nitrogens with two attached hydrogens (primary N) is 2. The minimum atomic E-state index is -0.692. The molecule has 16 nitrogen and oxygen atoms in total. The number of rotatable bonds is 20. The molecule has 2 atom stereocenters. The first-order valence-electron chi connectivity index (χ1n) is 28.9. The first-order chi connectivity index (χ1) is 40.8. The number of pyridine rings is 2. The Bertz CT molecular complexity index is 3210. The molecule has 4 heterocycles. The van der Waals surface area contributed by atoms with Crippen LogP contribution in [0.2, 0.25) is 20.1 Å². The van der Waals surface area contributed by atoms with Crippen molar-refractivity contribution in [2.24, 2.45) is 0 Å². The number of nitrogen functional groups attached to an aromatic ring is 2. The zero-order valence-corrected chi connectivity index (χ0v) is 55.1. The topological polar surface area (TPSA) is 210 Å². The summed E-state index contributed by atoms with van der Waals surface area (Å²) in [5.74, 6) is 1.24. The van der Waals surface area contributed by atoms with Crippen molar-refractivity contribution in [2.45, 2.75) is 105 Å². The number of unbranched alkanes of at least 4 members (excludes halogenated alkanes) is 4. The average Bonchev–Trinajstić information content (AvgIpc) is 3.54. The zero-order valence-electron chi connectivity index (χ0n) is 50.1. The molecule has 0 radical (unpaired) electrons. The molecule has 2 aliphatic rings. The number of amides is 4. The van der Waals surface area contributed by atoms with E-state index in [4.69, 9.17) is 77.2 Å². The van der Waals surface area contributed by atoms with Crippen molar-refractivity contribution in [1.82, 2.24) is 29.6 Å². The zero-order chi connectivity index (χ0) is 61.7. The van der Waals surface area contributed by atoms with Crippen LogP contribution in [0, 0.1) is 5.82 Å². The van der Waals surface area contributed by atoms with Crippen molar-refractivity contribution in [3.8, 4) is 39.5 Å². The molecular weight excluding hydrogens is 1190 g/mol. The van der Waals surface area contributed by atoms with Gasteiger partial charge in [-0.05, 0) is 105 Å². The van der Waals surface area contributed by atoms with Crippen molar-refractivity contribution in [2.75, 3.05) is 77.0 Å². The molecular formula is C64H76Cl4FN8NaO8. The van der Waals surface area contributed by atoms with Gasteiger partial charge in [-0.15, -0.1) is 6.61 Å². The van der Waals surface area contributed by atoms with Gasteiger partial charge >= 0.3 is 29.6 Å². The molecule has 86 heavy (non-hydrogen) atoms. The summed E-state index contributed by atoms with van der Waals surface area (Å²) in [5.41, 5.74) is 17.4. The van der Waals surface area contributed by atoms with E-state index in [9.17, 15) is 23.6 Å². The molecule has 0 spiro atoms. The second kappa shape index (κ2) is 35.2. The van der Waals surface area contributed by atoms with Crippen LogP contribution in [0.4, 0.5) is 16.0 Å². The third-order valence-corrected chi connectivity index (χ3v) is 15.8. The molecule has 0 bridgehead atoms. The Morgan fingerprint density at radius 3 is 1.30 bits per heavy atom. The van der Waals surface area contributed by atoms with Crippen LogP contribution in [-0.4, -0.2) is 119 Å². The molecule has 2 saturated heterocycles. The fraction of sp³-hybridized carbons (Fsp3) is 0.406. The minimum Gasteiger partial charge on any atom is -0.855 e. The second-order valence-electron chi connectivity index (χ2n) is 20.4. The number of benzene rings is 4. The molecule has 8 rings (SSSR count). The summed E-state index contributed by atoms with van der Waals surface area (Å²) in [6.45, 7) is 16.0. The van der Waals surface area contributed by atoms with Gasteiger partial charge in [0.25, 0.3) is 11.8 Å². The monoisotopic (exact) mass is 1270 g/mol. The van der Waals surface area contributed by atoms with Gasteiger partial charge in [0.05, 0.1) is 16.7 Å². The van der Waals surface area contributed by atoms with Crippen molar-refractivity contribution in [3.63, 3.8) is 0 Å². The van der Waals surface area contributed by atoms with Gasteiger partial charge < -0.3 is 50.4 Å². The van der Waals surface area contributed by atoms with Gasteiger partial charge in [-0.1, -0.05) is 117 Å². The van der Waals surface area contributed by atoms with Crippen LogP contribution in [0.5, 0.6) is 17.2 Å². The number of aromatic nitrogens is 2. The molecule has 4 amide bonds. The maximum Gasteiger partial charge on any atom is 1.00 e. The fourth-order valence-electron chi connectivity index (χ4n) is 9.68. The smallest absolute Gasteiger partial charge is 0.855 e. The van der Waals surface area contributed by atoms with Gasteiger partial charge in [0.15, 0.2) is 23.1 Å². The van der Waals surface area contributed by atoms with Crippen LogP contribution < -0.4 is 60.3 Å². The number of ether oxygens (including phenoxy) is 3. The van der Waals surface area contributed by atoms with Crippen molar-refractivity contribution >= 4 is 81.7 Å². The Morgan fingerprint density at radius 1 is 0.547 bits per heavy atom. The van der Waals surface area contributed by atoms with E-state index in [2.05, 4.69) is 23.8 Å². The van der Waals surface area contributed by atoms with Crippen LogP contribution in [0.3, 0.4) is 0 Å². The number of carbonyl (C=O) groups is 4. The summed E-state index contributed by atoms with van der Waals surface area (Å²) in [6, 6.07) is 24.2. The summed E-state index contributed by atoms with van der Waals surface area (Å²) < 4.78 is 31.8. The van der Waals surface area contributed by atoms with Crippen LogP contribution in [0.15, 0.2) is 97.3 Å². The fourth-order valence-corrected chi connectivity index (χ4v) is 11.1. The van der Waals surface area contributed by atoms with Crippen molar-refractivity contribution in [3.05, 3.63) is 145 Å². The Labute approximate surface area is 546 Å². The number of piperazine rings is 2. The molecule has 4 aromatic carbocycles. The predicted octanol–water partition coefficient (Wildman–Crippen LogP) is 10.2. The van der Waals surface area contributed by atoms with E-state index in [0.29, 0.717) is 121 Å². The molecule has 0 aliphatic carbocycles. The number of carbonyl (C=O) groups excluding carboxylic acids is 4. The molecule has 0 saturated carbocycles. The summed E-state index contributed by atoms with van der Waals surface area (Å²) in [5, 5.41) is 9.95. The Balaban J connectivity index is 0.000000297. The number of anilines is 2. The van der Waals surface area contributed by atoms with Crippen LogP contribution in [0.25, 0.3) is 22.3 Å². The number of hydrogen-bond acceptors (Lipinski definition) is 12. The van der Waals surface area contributed by atoms with Crippen LogP contribution in [0.1, 0.15) is 137 Å². The molecule has 2 unspecified atom stereocenters. The molecule has 6 aromatic rings. The van der Waals surface area contributed by atoms with E-state index in [0.717, 1.165) is 60.8 Å². The van der Waals surface area contributed by atoms with Gasteiger partial charge in [-0.25, -0.2) is 14.4 Å². The first-order valence-corrected chi connectivity index (χ1v) is 30.4. The van der Waals surface area contributed by atoms with E-state index in [1.807, 2.05) is 47.9 Å². The summed E-state index contributed by atoms with van der Waals surface area (Å²) in [4.78, 5) is 66.9. The number of nitrogens with zero attached hydrogens (tertiary/aromatic N) is 6. The quantitative estimate of drug-likeness (QED) is 0.0416. The molecule has 4 N–H and O–H groups in total. The second-order valence-corrected chi connectivity index (χ2v) is 22.0. The predicted molar refractivity (Wildman–Crippen MR) is 334 cm³/mol. The Hall–Kier alpha value is -5.89. The Morgan fingerprint density at radius 2 is 0.919 bits per heavy atom. The summed E-state index contributed by atoms with van der Waals surface area (Å²) in [7, 11) is 0. The molecule has 2 fully saturated rings. The summed E-state index contributed by atoms with van der Waals surface area (Å²) in [6.07, 6.45) is 9.32. The summed E-state index contributed by atoms with van der Waals surface area (Å²) >= 11 is 25.4. The minimum absolute atomic E-state index is 0. The number of hydrogen-bond donors (Lipinski definition) is 2. The number of halogens is 5. The van der Waals surface area contributed by atoms with Gasteiger partial charge in [-0.3, -0.25) is 19.2 Å². The van der Waals surface area contributed by atoms with E-state index < -0.39 is 18.0 Å². The van der Waals surface area contributed by atoms with Crippen LogP contribution >= 0.6 is 46.4 Å². The van der Waals surface area contributed by atoms with Gasteiger partial charge in [0.2, 0.25) is 11.8 Å². The van der Waals surface area contributed by atoms with Crippen LogP contribution in [-0.2, 0) is 9.59 Å². The molecule has 2 aliphatic heterocycles. The third-order valence-electron chi connectivity index (χ3n) is 14.4. The molecule has 2 aromatic heterocycles. The maximum atomic E-state index is 14.0. The first kappa shape index (κ1) is 70.9. The van der Waals surface area contributed by atoms with E-state index in [1.165, 1.54) is 12.1 Å². The SMILES string of the molecule is CCCCCC(=O)N1CCN(C(=O)c2ccc(-c3cnc(N)c(OC(C)c4c(Cl)ccc(F)c4Cl)c3)cc2)CC1.CCCCCC(=O)N1CCN(C(=O)c2ccc(-c3cnc(N)c(OC(C)c4c(Cl)ccc(OCC)c4Cl)c3)cc2)CC1.CC[O-].[Na+]. The normalized spacial score (nSPS) is 13.7. The average molecular weight is 1270 g/mol. The van der Waals surface area contributed by atoms with E-state index >= 15 is 0 Å². The van der Waals surface area contributed by atoms with Gasteiger partial charge in [0.1, 0.15) is 23.8 Å². The van der Waals surface area contributed by atoms with Gasteiger partial charge in [0, 0.05) is 121 Å². The van der Waals surface area contributed by atoms with E-state index in [-0.39, 0.29) is 81.5 Å².